The molecule has 2 rings (SSSR count). The molecule has 5 heteroatoms. The second-order valence-electron chi connectivity index (χ2n) is 4.76. The number of anilines is 2. The minimum atomic E-state index is -0.409. The molecule has 1 heterocycles. The quantitative estimate of drug-likeness (QED) is 0.497. The summed E-state index contributed by atoms with van der Waals surface area (Å²) in [4.78, 5) is 12.5. The van der Waals surface area contributed by atoms with Crippen molar-refractivity contribution in [2.45, 2.75) is 32.1 Å². The summed E-state index contributed by atoms with van der Waals surface area (Å²) in [7, 11) is 0. The number of nitro benzene ring substituents is 1. The van der Waals surface area contributed by atoms with E-state index in [0.29, 0.717) is 5.69 Å². The van der Waals surface area contributed by atoms with E-state index in [0.717, 1.165) is 31.6 Å². The van der Waals surface area contributed by atoms with E-state index >= 15 is 0 Å². The average molecular weight is 249 g/mol. The Balaban J connectivity index is 2.18. The topological polar surface area (TPSA) is 72.4 Å². The van der Waals surface area contributed by atoms with Gasteiger partial charge in [-0.2, -0.15) is 0 Å². The number of nitrogen functional groups attached to an aromatic ring is 1. The first-order chi connectivity index (χ1) is 8.68. The summed E-state index contributed by atoms with van der Waals surface area (Å²) in [5.41, 5.74) is 7.43. The van der Waals surface area contributed by atoms with Gasteiger partial charge in [-0.05, 0) is 18.9 Å². The summed E-state index contributed by atoms with van der Waals surface area (Å²) in [5, 5.41) is 10.7. The molecule has 5 nitrogen and oxygen atoms in total. The summed E-state index contributed by atoms with van der Waals surface area (Å²) in [6, 6.07) is 4.76. The normalized spacial score (nSPS) is 17.0. The second kappa shape index (κ2) is 5.71. The fourth-order valence-electron chi connectivity index (χ4n) is 2.43. The van der Waals surface area contributed by atoms with Gasteiger partial charge in [-0.1, -0.05) is 19.3 Å². The van der Waals surface area contributed by atoms with Gasteiger partial charge in [0.15, 0.2) is 0 Å². The van der Waals surface area contributed by atoms with Gasteiger partial charge in [0.05, 0.1) is 16.3 Å². The summed E-state index contributed by atoms with van der Waals surface area (Å²) in [6.07, 6.45) is 6.14. The van der Waals surface area contributed by atoms with Gasteiger partial charge >= 0.3 is 0 Å². The Bertz CT molecular complexity index is 426. The molecule has 0 aliphatic carbocycles. The molecule has 0 unspecified atom stereocenters. The lowest BCUT2D eigenvalue weighted by atomic mass is 10.1. The number of hydrogen-bond donors (Lipinski definition) is 1. The van der Waals surface area contributed by atoms with Crippen LogP contribution in [0.2, 0.25) is 0 Å². The highest BCUT2D eigenvalue weighted by Gasteiger charge is 2.14. The molecule has 1 aromatic carbocycles. The predicted octanol–water partition coefficient (Wildman–Crippen LogP) is 2.95. The Morgan fingerprint density at radius 1 is 1.11 bits per heavy atom. The molecule has 18 heavy (non-hydrogen) atoms. The third-order valence-corrected chi connectivity index (χ3v) is 3.42. The third kappa shape index (κ3) is 2.91. The first-order valence-corrected chi connectivity index (χ1v) is 6.47. The molecule has 0 atom stereocenters. The largest absolute Gasteiger partial charge is 0.397 e. The van der Waals surface area contributed by atoms with Crippen LogP contribution in [0.15, 0.2) is 18.2 Å². The summed E-state index contributed by atoms with van der Waals surface area (Å²) in [5.74, 6) is 0. The van der Waals surface area contributed by atoms with E-state index in [1.807, 2.05) is 0 Å². The predicted molar refractivity (Wildman–Crippen MR) is 72.8 cm³/mol. The zero-order valence-corrected chi connectivity index (χ0v) is 10.5. The molecule has 0 spiro atoms. The molecule has 1 aromatic rings. The number of benzene rings is 1. The Kier molecular flexibility index (Phi) is 4.02. The number of non-ortho nitro benzene ring substituents is 1. The maximum atomic E-state index is 10.7. The van der Waals surface area contributed by atoms with Crippen molar-refractivity contribution < 1.29 is 4.92 Å². The summed E-state index contributed by atoms with van der Waals surface area (Å²) in [6.45, 7) is 1.98. The van der Waals surface area contributed by atoms with Gasteiger partial charge < -0.3 is 10.6 Å². The Labute approximate surface area is 107 Å². The summed E-state index contributed by atoms with van der Waals surface area (Å²) < 4.78 is 0. The first kappa shape index (κ1) is 12.7. The van der Waals surface area contributed by atoms with Crippen LogP contribution in [0.25, 0.3) is 0 Å². The molecule has 0 aromatic heterocycles. The molecule has 2 N–H and O–H groups in total. The minimum absolute atomic E-state index is 0.0586. The SMILES string of the molecule is Nc1cc([N+](=O)[O-])ccc1N1CCCCCCC1. The van der Waals surface area contributed by atoms with Crippen LogP contribution in [0.1, 0.15) is 32.1 Å². The van der Waals surface area contributed by atoms with Crippen LogP contribution < -0.4 is 10.6 Å². The van der Waals surface area contributed by atoms with Gasteiger partial charge in [0.2, 0.25) is 0 Å². The lowest BCUT2D eigenvalue weighted by Crippen LogP contribution is -2.27. The molecular weight excluding hydrogens is 230 g/mol. The zero-order valence-electron chi connectivity index (χ0n) is 10.5. The van der Waals surface area contributed by atoms with Crippen molar-refractivity contribution in [2.75, 3.05) is 23.7 Å². The van der Waals surface area contributed by atoms with Crippen molar-refractivity contribution in [3.05, 3.63) is 28.3 Å². The van der Waals surface area contributed by atoms with Crippen molar-refractivity contribution in [1.29, 1.82) is 0 Å². The number of nitrogens with zero attached hydrogens (tertiary/aromatic N) is 2. The number of nitrogens with two attached hydrogens (primary N) is 1. The zero-order chi connectivity index (χ0) is 13.0. The molecule has 98 valence electrons. The van der Waals surface area contributed by atoms with E-state index < -0.39 is 4.92 Å². The molecule has 1 saturated heterocycles. The van der Waals surface area contributed by atoms with Crippen molar-refractivity contribution >= 4 is 17.1 Å². The van der Waals surface area contributed by atoms with Crippen LogP contribution in [0.3, 0.4) is 0 Å². The highest BCUT2D eigenvalue weighted by molar-refractivity contribution is 5.70. The smallest absolute Gasteiger partial charge is 0.271 e. The standard InChI is InChI=1S/C13H19N3O2/c14-12-10-11(16(17)18)6-7-13(12)15-8-4-2-1-3-5-9-15/h6-7,10H,1-5,8-9,14H2. The Hall–Kier alpha value is -1.78. The van der Waals surface area contributed by atoms with E-state index in [-0.39, 0.29) is 5.69 Å². The van der Waals surface area contributed by atoms with Gasteiger partial charge in [-0.25, -0.2) is 0 Å². The summed E-state index contributed by atoms with van der Waals surface area (Å²) >= 11 is 0. The molecule has 0 saturated carbocycles. The van der Waals surface area contributed by atoms with Crippen LogP contribution >= 0.6 is 0 Å². The van der Waals surface area contributed by atoms with E-state index in [4.69, 9.17) is 5.73 Å². The van der Waals surface area contributed by atoms with E-state index in [1.165, 1.54) is 31.4 Å². The fraction of sp³-hybridized carbons (Fsp3) is 0.538. The first-order valence-electron chi connectivity index (χ1n) is 6.47. The molecule has 0 amide bonds. The highest BCUT2D eigenvalue weighted by atomic mass is 16.6. The van der Waals surface area contributed by atoms with Gasteiger partial charge in [-0.15, -0.1) is 0 Å². The van der Waals surface area contributed by atoms with Crippen molar-refractivity contribution in [3.63, 3.8) is 0 Å². The fourth-order valence-corrected chi connectivity index (χ4v) is 2.43. The molecule has 0 radical (unpaired) electrons. The maximum Gasteiger partial charge on any atom is 0.271 e. The lowest BCUT2D eigenvalue weighted by Gasteiger charge is -2.27. The van der Waals surface area contributed by atoms with Crippen LogP contribution in [0, 0.1) is 10.1 Å². The molecular formula is C13H19N3O2. The van der Waals surface area contributed by atoms with E-state index in [9.17, 15) is 10.1 Å². The van der Waals surface area contributed by atoms with Crippen molar-refractivity contribution in [2.24, 2.45) is 0 Å². The number of nitro groups is 1. The van der Waals surface area contributed by atoms with E-state index in [1.54, 1.807) is 6.07 Å². The Morgan fingerprint density at radius 2 is 1.72 bits per heavy atom. The highest BCUT2D eigenvalue weighted by Crippen LogP contribution is 2.29. The molecule has 0 bridgehead atoms. The van der Waals surface area contributed by atoms with Crippen molar-refractivity contribution in [3.8, 4) is 0 Å². The van der Waals surface area contributed by atoms with Crippen LogP contribution in [0.4, 0.5) is 17.1 Å². The monoisotopic (exact) mass is 249 g/mol. The van der Waals surface area contributed by atoms with Crippen LogP contribution in [-0.2, 0) is 0 Å². The number of hydrogen-bond acceptors (Lipinski definition) is 4. The number of rotatable bonds is 2. The Morgan fingerprint density at radius 3 is 2.28 bits per heavy atom. The van der Waals surface area contributed by atoms with Gasteiger partial charge in [-0.3, -0.25) is 10.1 Å². The average Bonchev–Trinajstić information content (AvgIpc) is 2.29. The molecule has 1 fully saturated rings. The third-order valence-electron chi connectivity index (χ3n) is 3.42. The van der Waals surface area contributed by atoms with Crippen LogP contribution in [0.5, 0.6) is 0 Å². The van der Waals surface area contributed by atoms with E-state index in [2.05, 4.69) is 4.90 Å². The second-order valence-corrected chi connectivity index (χ2v) is 4.76. The minimum Gasteiger partial charge on any atom is -0.397 e. The van der Waals surface area contributed by atoms with Crippen LogP contribution in [-0.4, -0.2) is 18.0 Å². The molecule has 1 aliphatic rings. The molecule has 1 aliphatic heterocycles. The van der Waals surface area contributed by atoms with Gasteiger partial charge in [0.1, 0.15) is 0 Å². The lowest BCUT2D eigenvalue weighted by molar-refractivity contribution is -0.384. The van der Waals surface area contributed by atoms with Gasteiger partial charge in [0, 0.05) is 25.2 Å². The maximum absolute atomic E-state index is 10.7. The van der Waals surface area contributed by atoms with Crippen molar-refractivity contribution in [1.82, 2.24) is 0 Å². The van der Waals surface area contributed by atoms with Gasteiger partial charge in [0.25, 0.3) is 5.69 Å².